The van der Waals surface area contributed by atoms with Crippen molar-refractivity contribution < 1.29 is 22.4 Å². The average molecular weight is 541 g/mol. The van der Waals surface area contributed by atoms with Gasteiger partial charge in [0.25, 0.3) is 5.91 Å². The summed E-state index contributed by atoms with van der Waals surface area (Å²) in [6.45, 7) is 7.08. The molecule has 10 heteroatoms. The van der Waals surface area contributed by atoms with Gasteiger partial charge in [0.05, 0.1) is 28.6 Å². The van der Waals surface area contributed by atoms with Crippen LogP contribution in [0.5, 0.6) is 0 Å². The Morgan fingerprint density at radius 3 is 2.18 bits per heavy atom. The molecule has 1 N–H and O–H groups in total. The molecule has 3 aromatic rings. The Morgan fingerprint density at radius 2 is 1.63 bits per heavy atom. The monoisotopic (exact) mass is 540 g/mol. The number of nitrogens with zero attached hydrogens (tertiary/aromatic N) is 3. The van der Waals surface area contributed by atoms with E-state index in [1.54, 1.807) is 6.07 Å². The molecule has 1 amide bonds. The molecule has 196 valence electrons. The van der Waals surface area contributed by atoms with Crippen LogP contribution in [-0.2, 0) is 11.0 Å². The van der Waals surface area contributed by atoms with Crippen molar-refractivity contribution in [1.29, 1.82) is 5.26 Å². The summed E-state index contributed by atoms with van der Waals surface area (Å²) in [6.07, 6.45) is -4.81. The van der Waals surface area contributed by atoms with Crippen LogP contribution >= 0.6 is 12.2 Å². The number of hydrogen-bond donors (Lipinski definition) is 1. The van der Waals surface area contributed by atoms with E-state index in [-0.39, 0.29) is 22.5 Å². The van der Waals surface area contributed by atoms with Gasteiger partial charge in [-0.2, -0.15) is 18.4 Å². The molecule has 1 saturated heterocycles. The predicted octanol–water partition coefficient (Wildman–Crippen LogP) is 7.12. The van der Waals surface area contributed by atoms with E-state index in [9.17, 15) is 18.0 Å². The van der Waals surface area contributed by atoms with Crippen molar-refractivity contribution in [3.63, 3.8) is 0 Å². The molecule has 0 atom stereocenters. The van der Waals surface area contributed by atoms with E-state index in [4.69, 9.17) is 17.5 Å². The molecule has 0 spiro atoms. The van der Waals surface area contributed by atoms with E-state index in [2.05, 4.69) is 5.32 Å². The number of carbonyl (C=O) groups excluding carboxylic acids is 1. The first-order valence-corrected chi connectivity index (χ1v) is 12.1. The number of thiocarbonyl (C=S) groups is 1. The summed E-state index contributed by atoms with van der Waals surface area (Å²) in [5, 5.41) is 12.2. The van der Waals surface area contributed by atoms with E-state index >= 15 is 4.39 Å². The Hall–Kier alpha value is -3.97. The smallest absolute Gasteiger partial charge is 0.383 e. The summed E-state index contributed by atoms with van der Waals surface area (Å²) >= 11 is 5.50. The fourth-order valence-electron chi connectivity index (χ4n) is 4.39. The Kier molecular flexibility index (Phi) is 6.93. The van der Waals surface area contributed by atoms with Crippen molar-refractivity contribution in [3.05, 3.63) is 77.6 Å². The van der Waals surface area contributed by atoms with E-state index in [0.29, 0.717) is 11.6 Å². The van der Waals surface area contributed by atoms with Crippen molar-refractivity contribution in [1.82, 2.24) is 0 Å². The summed E-state index contributed by atoms with van der Waals surface area (Å²) in [7, 11) is 0. The Balaban J connectivity index is 1.70. The van der Waals surface area contributed by atoms with Gasteiger partial charge in [-0.3, -0.25) is 9.69 Å². The van der Waals surface area contributed by atoms with Gasteiger partial charge in [-0.05, 0) is 93.5 Å². The predicted molar refractivity (Wildman–Crippen MR) is 143 cm³/mol. The minimum absolute atomic E-state index is 0.0161. The van der Waals surface area contributed by atoms with Crippen LogP contribution in [0.1, 0.15) is 38.8 Å². The molecule has 1 fully saturated rings. The standard InChI is InChI=1S/C28H24F4N4OS/c1-16(2)34-20-9-5-17(6-10-20)18-8-12-24(23(29)13-18)36-26(38)35(25(37)27(36,3)4)21-11-7-19(15-33)22(14-21)28(30,31)32/h5-14,16,34H,1-4H3. The normalized spacial score (nSPS) is 15.3. The highest BCUT2D eigenvalue weighted by Gasteiger charge is 2.51. The Labute approximate surface area is 223 Å². The molecule has 0 aromatic heterocycles. The zero-order valence-corrected chi connectivity index (χ0v) is 21.8. The number of rotatable bonds is 5. The molecule has 0 bridgehead atoms. The van der Waals surface area contributed by atoms with E-state index in [1.165, 1.54) is 43.0 Å². The second-order valence-corrected chi connectivity index (χ2v) is 10.1. The zero-order valence-electron chi connectivity index (χ0n) is 21.0. The zero-order chi connectivity index (χ0) is 28.0. The van der Waals surface area contributed by atoms with Crippen LogP contribution in [0.3, 0.4) is 0 Å². The second kappa shape index (κ2) is 9.72. The lowest BCUT2D eigenvalue weighted by Crippen LogP contribution is -2.44. The van der Waals surface area contributed by atoms with Crippen LogP contribution in [0.25, 0.3) is 11.1 Å². The Bertz CT molecular complexity index is 1460. The van der Waals surface area contributed by atoms with E-state index in [1.807, 2.05) is 38.1 Å². The highest BCUT2D eigenvalue weighted by molar-refractivity contribution is 7.81. The van der Waals surface area contributed by atoms with E-state index in [0.717, 1.165) is 22.2 Å². The number of halogens is 4. The largest absolute Gasteiger partial charge is 0.417 e. The van der Waals surface area contributed by atoms with Gasteiger partial charge >= 0.3 is 6.18 Å². The third-order valence-electron chi connectivity index (χ3n) is 6.22. The molecule has 38 heavy (non-hydrogen) atoms. The van der Waals surface area contributed by atoms with Crippen molar-refractivity contribution in [2.24, 2.45) is 0 Å². The maximum Gasteiger partial charge on any atom is 0.417 e. The second-order valence-electron chi connectivity index (χ2n) is 9.70. The van der Waals surface area contributed by atoms with Crippen LogP contribution < -0.4 is 15.1 Å². The molecule has 0 aliphatic carbocycles. The van der Waals surface area contributed by atoms with Gasteiger partial charge in [0.2, 0.25) is 0 Å². The van der Waals surface area contributed by atoms with Crippen molar-refractivity contribution in [2.75, 3.05) is 15.1 Å². The summed E-state index contributed by atoms with van der Waals surface area (Å²) < 4.78 is 56.1. The summed E-state index contributed by atoms with van der Waals surface area (Å²) in [6, 6.07) is 16.7. The van der Waals surface area contributed by atoms with Gasteiger partial charge < -0.3 is 10.2 Å². The molecule has 1 aliphatic heterocycles. The lowest BCUT2D eigenvalue weighted by Gasteiger charge is -2.30. The molecular weight excluding hydrogens is 516 g/mol. The average Bonchev–Trinajstić information content (AvgIpc) is 3.02. The molecule has 5 nitrogen and oxygen atoms in total. The summed E-state index contributed by atoms with van der Waals surface area (Å²) in [4.78, 5) is 15.6. The topological polar surface area (TPSA) is 59.4 Å². The van der Waals surface area contributed by atoms with Gasteiger partial charge in [-0.25, -0.2) is 4.39 Å². The summed E-state index contributed by atoms with van der Waals surface area (Å²) in [5.74, 6) is -1.27. The van der Waals surface area contributed by atoms with Crippen LogP contribution in [0.2, 0.25) is 0 Å². The minimum Gasteiger partial charge on any atom is -0.383 e. The number of alkyl halides is 3. The van der Waals surface area contributed by atoms with Gasteiger partial charge in [-0.1, -0.05) is 18.2 Å². The Morgan fingerprint density at radius 1 is 1.00 bits per heavy atom. The number of nitriles is 1. The number of nitrogens with one attached hydrogen (secondary N) is 1. The van der Waals surface area contributed by atoms with Crippen molar-refractivity contribution >= 4 is 40.3 Å². The molecule has 0 saturated carbocycles. The highest BCUT2D eigenvalue weighted by Crippen LogP contribution is 2.41. The molecular formula is C28H24F4N4OS. The first-order valence-electron chi connectivity index (χ1n) is 11.7. The third kappa shape index (κ3) is 4.82. The van der Waals surface area contributed by atoms with Gasteiger partial charge in [0, 0.05) is 11.7 Å². The van der Waals surface area contributed by atoms with E-state index < -0.39 is 34.6 Å². The molecule has 3 aromatic carbocycles. The quantitative estimate of drug-likeness (QED) is 0.276. The number of benzene rings is 3. The van der Waals surface area contributed by atoms with Crippen LogP contribution in [0.15, 0.2) is 60.7 Å². The molecule has 0 radical (unpaired) electrons. The molecule has 1 heterocycles. The lowest BCUT2D eigenvalue weighted by atomic mass is 10.0. The number of anilines is 3. The fourth-order valence-corrected chi connectivity index (χ4v) is 4.91. The van der Waals surface area contributed by atoms with Crippen molar-refractivity contribution in [2.45, 2.75) is 45.5 Å². The maximum absolute atomic E-state index is 15.5. The number of hydrogen-bond acceptors (Lipinski definition) is 4. The van der Waals surface area contributed by atoms with Crippen molar-refractivity contribution in [3.8, 4) is 17.2 Å². The maximum atomic E-state index is 15.5. The SMILES string of the molecule is CC(C)Nc1ccc(-c2ccc(N3C(=S)N(c4ccc(C#N)c(C(F)(F)F)c4)C(=O)C3(C)C)c(F)c2)cc1. The van der Waals surface area contributed by atoms with Gasteiger partial charge in [0.15, 0.2) is 5.11 Å². The first-order chi connectivity index (χ1) is 17.8. The summed E-state index contributed by atoms with van der Waals surface area (Å²) in [5.41, 5.74) is -0.982. The van der Waals surface area contributed by atoms with Crippen LogP contribution in [0, 0.1) is 17.1 Å². The van der Waals surface area contributed by atoms with Crippen LogP contribution in [0.4, 0.5) is 34.6 Å². The van der Waals surface area contributed by atoms with Crippen LogP contribution in [-0.4, -0.2) is 22.6 Å². The third-order valence-corrected chi connectivity index (χ3v) is 6.58. The highest BCUT2D eigenvalue weighted by atomic mass is 32.1. The van der Waals surface area contributed by atoms with Gasteiger partial charge in [-0.15, -0.1) is 0 Å². The molecule has 4 rings (SSSR count). The molecule has 0 unspecified atom stereocenters. The number of carbonyl (C=O) groups is 1. The van der Waals surface area contributed by atoms with Gasteiger partial charge in [0.1, 0.15) is 11.4 Å². The lowest BCUT2D eigenvalue weighted by molar-refractivity contribution is -0.137. The minimum atomic E-state index is -4.81. The molecule has 1 aliphatic rings. The number of amides is 1. The fraction of sp³-hybridized carbons (Fsp3) is 0.250. The first kappa shape index (κ1) is 27.1.